The van der Waals surface area contributed by atoms with Crippen molar-refractivity contribution in [3.63, 3.8) is 0 Å². The molecular weight excluding hydrogens is 538 g/mol. The fraction of sp³-hybridized carbons (Fsp3) is 0.600. The van der Waals surface area contributed by atoms with E-state index in [-0.39, 0.29) is 17.5 Å². The van der Waals surface area contributed by atoms with Gasteiger partial charge in [0.15, 0.2) is 11.5 Å². The molecule has 4 rings (SSSR count). The Labute approximate surface area is 246 Å². The van der Waals surface area contributed by atoms with Crippen LogP contribution in [0.4, 0.5) is 5.82 Å². The predicted molar refractivity (Wildman–Crippen MR) is 162 cm³/mol. The number of imidazole rings is 1. The molecule has 0 bridgehead atoms. The second-order valence-electron chi connectivity index (χ2n) is 11.0. The Bertz CT molecular complexity index is 1350. The average Bonchev–Trinajstić information content (AvgIpc) is 3.30. The van der Waals surface area contributed by atoms with E-state index in [1.54, 1.807) is 11.5 Å². The number of aryl methyl sites for hydroxylation is 1. The summed E-state index contributed by atoms with van der Waals surface area (Å²) in [6.07, 6.45) is 4.56. The third-order valence-corrected chi connectivity index (χ3v) is 7.75. The maximum Gasteiger partial charge on any atom is 0.327 e. The number of unbranched alkanes of at least 4 members (excludes halogenated alkanes) is 2. The molecule has 3 heterocycles. The number of benzene rings is 1. The molecular formula is C30H45N7O5. The van der Waals surface area contributed by atoms with Crippen molar-refractivity contribution in [3.8, 4) is 6.01 Å². The molecule has 1 aliphatic rings. The summed E-state index contributed by atoms with van der Waals surface area (Å²) in [6, 6.07) is 8.06. The highest BCUT2D eigenvalue weighted by Crippen LogP contribution is 2.20. The number of rotatable bonds is 17. The zero-order chi connectivity index (χ0) is 29.9. The molecule has 0 radical (unpaired) electrons. The topological polar surface area (TPSA) is 152 Å². The van der Waals surface area contributed by atoms with E-state index in [9.17, 15) is 14.7 Å². The summed E-state index contributed by atoms with van der Waals surface area (Å²) in [5, 5.41) is 9.46. The number of nitrogens with two attached hydrogens (primary N) is 1. The number of carboxylic acids is 1. The fourth-order valence-electron chi connectivity index (χ4n) is 5.19. The van der Waals surface area contributed by atoms with Gasteiger partial charge in [0.05, 0.1) is 25.7 Å². The number of ether oxygens (including phenoxy) is 2. The number of aliphatic carboxylic acids is 1. The molecule has 42 heavy (non-hydrogen) atoms. The smallest absolute Gasteiger partial charge is 0.327 e. The van der Waals surface area contributed by atoms with Gasteiger partial charge < -0.3 is 25.3 Å². The number of aromatic nitrogens is 4. The monoisotopic (exact) mass is 583 g/mol. The lowest BCUT2D eigenvalue weighted by Gasteiger charge is -2.28. The summed E-state index contributed by atoms with van der Waals surface area (Å²) in [4.78, 5) is 40.6. The fourth-order valence-corrected chi connectivity index (χ4v) is 5.19. The Morgan fingerprint density at radius 3 is 2.71 bits per heavy atom. The zero-order valence-corrected chi connectivity index (χ0v) is 24.9. The number of H-pyrrole nitrogens is 1. The molecule has 1 unspecified atom stereocenters. The largest absolute Gasteiger partial charge is 0.481 e. The predicted octanol–water partition coefficient (Wildman–Crippen LogP) is 3.07. The second-order valence-corrected chi connectivity index (χ2v) is 11.0. The molecule has 1 aromatic carbocycles. The standard InChI is InChI=1S/C30H45N7O5/c1-3-4-17-42-29-33-26(31)25-27(34-29)37(30(40)32-25)14-6-5-11-36(13-8-12-35-15-18-41-19-16-35)21-23-9-7-10-24(20-23)22(2)28(38)39/h7,9-10,20,22H,3-6,8,11-19,21H2,1-2H3,(H,32,40)(H,38,39)(H2,31,33,34). The Hall–Kier alpha value is -3.48. The summed E-state index contributed by atoms with van der Waals surface area (Å²) >= 11 is 0. The average molecular weight is 584 g/mol. The van der Waals surface area contributed by atoms with Gasteiger partial charge in [-0.1, -0.05) is 37.6 Å². The van der Waals surface area contributed by atoms with Gasteiger partial charge >= 0.3 is 17.7 Å². The third kappa shape index (κ3) is 8.76. The van der Waals surface area contributed by atoms with Crippen LogP contribution in [0.2, 0.25) is 0 Å². The van der Waals surface area contributed by atoms with Gasteiger partial charge in [0.25, 0.3) is 0 Å². The van der Waals surface area contributed by atoms with Crippen LogP contribution in [0, 0.1) is 0 Å². The van der Waals surface area contributed by atoms with Gasteiger partial charge in [0, 0.05) is 26.2 Å². The van der Waals surface area contributed by atoms with Crippen LogP contribution in [0.3, 0.4) is 0 Å². The Balaban J connectivity index is 1.39. The lowest BCUT2D eigenvalue weighted by atomic mass is 9.99. The SMILES string of the molecule is CCCCOc1nc(N)c2[nH]c(=O)n(CCCCN(CCCN3CCOCC3)Cc3cccc(C(C)C(=O)O)c3)c2n1. The van der Waals surface area contributed by atoms with Crippen molar-refractivity contribution in [1.29, 1.82) is 0 Å². The molecule has 0 amide bonds. The lowest BCUT2D eigenvalue weighted by molar-refractivity contribution is -0.138. The second kappa shape index (κ2) is 15.7. The first kappa shape index (κ1) is 31.5. The van der Waals surface area contributed by atoms with Crippen molar-refractivity contribution in [1.82, 2.24) is 29.3 Å². The molecule has 2 aromatic heterocycles. The number of aromatic amines is 1. The van der Waals surface area contributed by atoms with Gasteiger partial charge in [0.2, 0.25) is 0 Å². The van der Waals surface area contributed by atoms with E-state index < -0.39 is 11.9 Å². The van der Waals surface area contributed by atoms with Crippen molar-refractivity contribution in [3.05, 3.63) is 45.9 Å². The zero-order valence-electron chi connectivity index (χ0n) is 24.9. The number of carboxylic acid groups (broad SMARTS) is 1. The first-order valence-corrected chi connectivity index (χ1v) is 15.1. The van der Waals surface area contributed by atoms with Crippen LogP contribution in [0.5, 0.6) is 6.01 Å². The van der Waals surface area contributed by atoms with E-state index in [4.69, 9.17) is 15.2 Å². The summed E-state index contributed by atoms with van der Waals surface area (Å²) < 4.78 is 12.7. The molecule has 3 aromatic rings. The Morgan fingerprint density at radius 2 is 1.95 bits per heavy atom. The molecule has 1 fully saturated rings. The van der Waals surface area contributed by atoms with Crippen LogP contribution in [-0.4, -0.2) is 92.9 Å². The molecule has 12 nitrogen and oxygen atoms in total. The summed E-state index contributed by atoms with van der Waals surface area (Å²) in [5.74, 6) is -1.17. The molecule has 1 atom stereocenters. The normalized spacial score (nSPS) is 14.9. The van der Waals surface area contributed by atoms with E-state index in [0.717, 1.165) is 95.7 Å². The molecule has 0 saturated carbocycles. The highest BCUT2D eigenvalue weighted by Gasteiger charge is 2.17. The quantitative estimate of drug-likeness (QED) is 0.202. The number of anilines is 1. The Kier molecular flexibility index (Phi) is 11.7. The van der Waals surface area contributed by atoms with Crippen LogP contribution in [0.1, 0.15) is 63.0 Å². The van der Waals surface area contributed by atoms with E-state index in [1.807, 2.05) is 18.2 Å². The van der Waals surface area contributed by atoms with Crippen molar-refractivity contribution in [2.45, 2.75) is 65.0 Å². The third-order valence-electron chi connectivity index (χ3n) is 7.75. The van der Waals surface area contributed by atoms with Crippen LogP contribution >= 0.6 is 0 Å². The highest BCUT2D eigenvalue weighted by atomic mass is 16.5. The van der Waals surface area contributed by atoms with Crippen molar-refractivity contribution < 1.29 is 19.4 Å². The number of nitrogens with zero attached hydrogens (tertiary/aromatic N) is 5. The molecule has 0 spiro atoms. The van der Waals surface area contributed by atoms with E-state index in [1.165, 1.54) is 0 Å². The minimum Gasteiger partial charge on any atom is -0.481 e. The number of nitrogen functional groups attached to an aromatic ring is 1. The molecule has 4 N–H and O–H groups in total. The van der Waals surface area contributed by atoms with Gasteiger partial charge in [-0.3, -0.25) is 19.2 Å². The van der Waals surface area contributed by atoms with Gasteiger partial charge in [-0.15, -0.1) is 0 Å². The first-order chi connectivity index (χ1) is 20.4. The lowest BCUT2D eigenvalue weighted by Crippen LogP contribution is -2.38. The van der Waals surface area contributed by atoms with Gasteiger partial charge in [-0.05, 0) is 63.4 Å². The number of fused-ring (bicyclic) bond motifs is 1. The van der Waals surface area contributed by atoms with Crippen LogP contribution in [0.25, 0.3) is 11.2 Å². The van der Waals surface area contributed by atoms with Gasteiger partial charge in [0.1, 0.15) is 5.52 Å². The molecule has 230 valence electrons. The molecule has 12 heteroatoms. The summed E-state index contributed by atoms with van der Waals surface area (Å²) in [7, 11) is 0. The van der Waals surface area contributed by atoms with Gasteiger partial charge in [-0.2, -0.15) is 9.97 Å². The summed E-state index contributed by atoms with van der Waals surface area (Å²) in [5.41, 5.74) is 8.64. The maximum atomic E-state index is 12.7. The van der Waals surface area contributed by atoms with E-state index in [2.05, 4.69) is 37.7 Å². The highest BCUT2D eigenvalue weighted by molar-refractivity contribution is 5.81. The van der Waals surface area contributed by atoms with Crippen LogP contribution in [0.15, 0.2) is 29.1 Å². The number of nitrogens with one attached hydrogen (secondary N) is 1. The van der Waals surface area contributed by atoms with Gasteiger partial charge in [-0.25, -0.2) is 4.79 Å². The van der Waals surface area contributed by atoms with Crippen LogP contribution in [-0.2, 0) is 22.6 Å². The minimum absolute atomic E-state index is 0.187. The minimum atomic E-state index is -0.825. The number of carbonyl (C=O) groups is 1. The van der Waals surface area contributed by atoms with Crippen molar-refractivity contribution >= 4 is 23.0 Å². The molecule has 1 aliphatic heterocycles. The van der Waals surface area contributed by atoms with Crippen LogP contribution < -0.4 is 16.2 Å². The molecule has 1 saturated heterocycles. The first-order valence-electron chi connectivity index (χ1n) is 15.1. The molecule has 0 aliphatic carbocycles. The van der Waals surface area contributed by atoms with Crippen molar-refractivity contribution in [2.24, 2.45) is 0 Å². The number of hydrogen-bond acceptors (Lipinski definition) is 9. The Morgan fingerprint density at radius 1 is 1.17 bits per heavy atom. The maximum absolute atomic E-state index is 12.7. The van der Waals surface area contributed by atoms with E-state index >= 15 is 0 Å². The van der Waals surface area contributed by atoms with E-state index in [0.29, 0.717) is 24.3 Å². The number of morpholine rings is 1. The summed E-state index contributed by atoms with van der Waals surface area (Å²) in [6.45, 7) is 11.8. The number of hydrogen-bond donors (Lipinski definition) is 3. The van der Waals surface area contributed by atoms with Crippen molar-refractivity contribution in [2.75, 3.05) is 58.3 Å².